The van der Waals surface area contributed by atoms with Gasteiger partial charge in [0.25, 0.3) is 5.91 Å². The molecule has 1 saturated heterocycles. The van der Waals surface area contributed by atoms with Crippen molar-refractivity contribution in [3.8, 4) is 0 Å². The van der Waals surface area contributed by atoms with E-state index in [2.05, 4.69) is 39.4 Å². The molecule has 2 aromatic rings. The van der Waals surface area contributed by atoms with Crippen LogP contribution in [0.15, 0.2) is 59.5 Å². The number of amides is 1. The van der Waals surface area contributed by atoms with Crippen LogP contribution >= 0.6 is 0 Å². The predicted octanol–water partition coefficient (Wildman–Crippen LogP) is 2.66. The Kier molecular flexibility index (Phi) is 8.28. The third-order valence-electron chi connectivity index (χ3n) is 5.93. The van der Waals surface area contributed by atoms with E-state index in [1.807, 2.05) is 19.9 Å². The second-order valence-electron chi connectivity index (χ2n) is 8.42. The smallest absolute Gasteiger partial charge is 0.251 e. The quantitative estimate of drug-likeness (QED) is 0.585. The fraction of sp³-hybridized carbons (Fsp3) is 0.458. The summed E-state index contributed by atoms with van der Waals surface area (Å²) in [5.41, 5.74) is 1.63. The number of para-hydroxylation sites is 1. The third-order valence-corrected chi connectivity index (χ3v) is 7.96. The summed E-state index contributed by atoms with van der Waals surface area (Å²) in [6, 6.07) is 16.5. The highest BCUT2D eigenvalue weighted by Gasteiger charge is 2.24. The molecule has 0 spiro atoms. The second kappa shape index (κ2) is 10.9. The van der Waals surface area contributed by atoms with Crippen molar-refractivity contribution in [3.05, 3.63) is 60.2 Å². The number of sulfonamides is 1. The van der Waals surface area contributed by atoms with Crippen LogP contribution in [0.1, 0.15) is 30.6 Å². The Hall–Kier alpha value is -2.42. The molecule has 7 nitrogen and oxygen atoms in total. The van der Waals surface area contributed by atoms with Crippen molar-refractivity contribution in [2.75, 3.05) is 51.2 Å². The van der Waals surface area contributed by atoms with Crippen LogP contribution in [0.3, 0.4) is 0 Å². The Morgan fingerprint density at radius 1 is 1.03 bits per heavy atom. The molecule has 0 aromatic heterocycles. The van der Waals surface area contributed by atoms with Gasteiger partial charge in [-0.05, 0) is 57.1 Å². The Bertz CT molecular complexity index is 987. The van der Waals surface area contributed by atoms with Gasteiger partial charge in [-0.25, -0.2) is 8.42 Å². The summed E-state index contributed by atoms with van der Waals surface area (Å²) in [5.74, 6) is -0.247. The van der Waals surface area contributed by atoms with Gasteiger partial charge < -0.3 is 10.2 Å². The largest absolute Gasteiger partial charge is 0.369 e. The zero-order valence-corrected chi connectivity index (χ0v) is 20.0. The number of carbonyl (C=O) groups is 1. The van der Waals surface area contributed by atoms with Crippen LogP contribution < -0.4 is 10.2 Å². The van der Waals surface area contributed by atoms with Crippen molar-refractivity contribution in [1.82, 2.24) is 14.5 Å². The molecule has 1 N–H and O–H groups in total. The molecule has 0 radical (unpaired) electrons. The highest BCUT2D eigenvalue weighted by molar-refractivity contribution is 7.89. The maximum absolute atomic E-state index is 12.7. The third kappa shape index (κ3) is 6.09. The number of rotatable bonds is 9. The lowest BCUT2D eigenvalue weighted by molar-refractivity contribution is 0.0951. The lowest BCUT2D eigenvalue weighted by atomic mass is 10.2. The summed E-state index contributed by atoms with van der Waals surface area (Å²) in [5, 5.41) is 2.92. The average Bonchev–Trinajstić information content (AvgIpc) is 2.82. The van der Waals surface area contributed by atoms with Crippen LogP contribution in [-0.4, -0.2) is 75.9 Å². The lowest BCUT2D eigenvalue weighted by Gasteiger charge is -2.36. The molecular formula is C24H34N4O3S. The molecular weight excluding hydrogens is 424 g/mol. The van der Waals surface area contributed by atoms with E-state index in [0.29, 0.717) is 12.1 Å². The second-order valence-corrected chi connectivity index (χ2v) is 10.4. The van der Waals surface area contributed by atoms with Crippen molar-refractivity contribution in [3.63, 3.8) is 0 Å². The first-order chi connectivity index (χ1) is 15.3. The van der Waals surface area contributed by atoms with Crippen molar-refractivity contribution < 1.29 is 13.2 Å². The Morgan fingerprint density at radius 2 is 1.72 bits per heavy atom. The van der Waals surface area contributed by atoms with Crippen LogP contribution in [0.25, 0.3) is 0 Å². The van der Waals surface area contributed by atoms with Gasteiger partial charge in [-0.1, -0.05) is 24.3 Å². The fourth-order valence-electron chi connectivity index (χ4n) is 3.72. The molecule has 1 heterocycles. The molecule has 0 atom stereocenters. The zero-order valence-electron chi connectivity index (χ0n) is 19.2. The summed E-state index contributed by atoms with van der Waals surface area (Å²) in [7, 11) is -2.07. The number of anilines is 1. The molecule has 1 fully saturated rings. The highest BCUT2D eigenvalue weighted by atomic mass is 32.2. The van der Waals surface area contributed by atoms with Crippen LogP contribution in [0, 0.1) is 0 Å². The SMILES string of the molecule is CC(C)N(C)S(=O)(=O)c1cccc(C(=O)NCCCN2CCN(c3ccccc3)CC2)c1. The van der Waals surface area contributed by atoms with Gasteiger partial charge in [0.2, 0.25) is 10.0 Å². The molecule has 32 heavy (non-hydrogen) atoms. The van der Waals surface area contributed by atoms with Crippen LogP contribution in [0.2, 0.25) is 0 Å². The van der Waals surface area contributed by atoms with Crippen molar-refractivity contribution >= 4 is 21.6 Å². The van der Waals surface area contributed by atoms with Gasteiger partial charge in [0, 0.05) is 57.1 Å². The van der Waals surface area contributed by atoms with E-state index in [9.17, 15) is 13.2 Å². The topological polar surface area (TPSA) is 73.0 Å². The zero-order chi connectivity index (χ0) is 23.1. The van der Waals surface area contributed by atoms with Crippen LogP contribution in [0.5, 0.6) is 0 Å². The number of nitrogens with zero attached hydrogens (tertiary/aromatic N) is 3. The maximum Gasteiger partial charge on any atom is 0.251 e. The Morgan fingerprint density at radius 3 is 2.38 bits per heavy atom. The monoisotopic (exact) mass is 458 g/mol. The van der Waals surface area contributed by atoms with E-state index in [1.165, 1.54) is 22.1 Å². The molecule has 2 aromatic carbocycles. The van der Waals surface area contributed by atoms with E-state index < -0.39 is 10.0 Å². The van der Waals surface area contributed by atoms with Crippen molar-refractivity contribution in [1.29, 1.82) is 0 Å². The minimum Gasteiger partial charge on any atom is -0.369 e. The standard InChI is InChI=1S/C24H34N4O3S/c1-20(2)26(3)32(30,31)23-12-7-9-21(19-23)24(29)25-13-8-14-27-15-17-28(18-16-27)22-10-5-4-6-11-22/h4-7,9-12,19-20H,8,13-18H2,1-3H3,(H,25,29). The number of benzene rings is 2. The summed E-state index contributed by atoms with van der Waals surface area (Å²) >= 11 is 0. The summed E-state index contributed by atoms with van der Waals surface area (Å²) < 4.78 is 26.7. The van der Waals surface area contributed by atoms with E-state index in [-0.39, 0.29) is 16.8 Å². The average molecular weight is 459 g/mol. The number of carbonyl (C=O) groups excluding carboxylic acids is 1. The van der Waals surface area contributed by atoms with Gasteiger partial charge in [0.15, 0.2) is 0 Å². The molecule has 174 valence electrons. The molecule has 0 bridgehead atoms. The minimum absolute atomic E-state index is 0.137. The maximum atomic E-state index is 12.7. The van der Waals surface area contributed by atoms with Crippen LogP contribution in [-0.2, 0) is 10.0 Å². The molecule has 1 amide bonds. The number of nitrogens with one attached hydrogen (secondary N) is 1. The molecule has 1 aliphatic heterocycles. The predicted molar refractivity (Wildman–Crippen MR) is 129 cm³/mol. The molecule has 1 aliphatic rings. The first-order valence-electron chi connectivity index (χ1n) is 11.2. The number of hydrogen-bond donors (Lipinski definition) is 1. The van der Waals surface area contributed by atoms with Crippen molar-refractivity contribution in [2.45, 2.75) is 31.2 Å². The summed E-state index contributed by atoms with van der Waals surface area (Å²) in [4.78, 5) is 17.5. The van der Waals surface area contributed by atoms with Gasteiger partial charge in [0.05, 0.1) is 4.90 Å². The van der Waals surface area contributed by atoms with E-state index in [1.54, 1.807) is 19.2 Å². The normalized spacial score (nSPS) is 15.3. The first kappa shape index (κ1) is 24.2. The molecule has 3 rings (SSSR count). The van der Waals surface area contributed by atoms with Gasteiger partial charge in [-0.15, -0.1) is 0 Å². The number of hydrogen-bond acceptors (Lipinski definition) is 5. The summed E-state index contributed by atoms with van der Waals surface area (Å²) in [6.07, 6.45) is 0.852. The number of piperazine rings is 1. The molecule has 0 unspecified atom stereocenters. The van der Waals surface area contributed by atoms with Gasteiger partial charge in [0.1, 0.15) is 0 Å². The molecule has 8 heteroatoms. The summed E-state index contributed by atoms with van der Waals surface area (Å²) in [6.45, 7) is 9.13. The van der Waals surface area contributed by atoms with Crippen molar-refractivity contribution in [2.24, 2.45) is 0 Å². The molecule has 0 saturated carbocycles. The van der Waals surface area contributed by atoms with E-state index >= 15 is 0 Å². The fourth-order valence-corrected chi connectivity index (χ4v) is 5.13. The first-order valence-corrected chi connectivity index (χ1v) is 12.6. The van der Waals surface area contributed by atoms with E-state index in [0.717, 1.165) is 39.1 Å². The minimum atomic E-state index is -3.62. The van der Waals surface area contributed by atoms with E-state index in [4.69, 9.17) is 0 Å². The van der Waals surface area contributed by atoms with Gasteiger partial charge in [-0.2, -0.15) is 4.31 Å². The van der Waals surface area contributed by atoms with Gasteiger partial charge in [-0.3, -0.25) is 9.69 Å². The van der Waals surface area contributed by atoms with Crippen LogP contribution in [0.4, 0.5) is 5.69 Å². The lowest BCUT2D eigenvalue weighted by Crippen LogP contribution is -2.47. The molecule has 0 aliphatic carbocycles. The Labute approximate surface area is 192 Å². The highest BCUT2D eigenvalue weighted by Crippen LogP contribution is 2.18. The van der Waals surface area contributed by atoms with Gasteiger partial charge >= 0.3 is 0 Å². The Balaban J connectivity index is 1.44.